The molecule has 1 aliphatic carbocycles. The maximum Gasteiger partial charge on any atom is 0.338 e. The molecule has 1 aliphatic heterocycles. The molecule has 5 heteroatoms. The molecular weight excluding hydrogens is 440 g/mol. The van der Waals surface area contributed by atoms with E-state index in [2.05, 4.69) is 26.0 Å². The number of ether oxygens (including phenoxy) is 2. The number of hydrogen-bond donors (Lipinski definition) is 1. The van der Waals surface area contributed by atoms with Crippen LogP contribution in [0.25, 0.3) is 11.1 Å². The molecule has 5 nitrogen and oxygen atoms in total. The highest BCUT2D eigenvalue weighted by atomic mass is 16.6. The van der Waals surface area contributed by atoms with Crippen molar-refractivity contribution in [2.24, 2.45) is 17.3 Å². The minimum atomic E-state index is -0.368. The second-order valence-electron chi connectivity index (χ2n) is 10.2. The summed E-state index contributed by atoms with van der Waals surface area (Å²) in [5.74, 6) is -0.675. The molecular formula is C30H36O5. The lowest BCUT2D eigenvalue weighted by atomic mass is 9.82. The Morgan fingerprint density at radius 2 is 1.83 bits per heavy atom. The fourth-order valence-corrected chi connectivity index (χ4v) is 5.26. The molecule has 0 spiro atoms. The Morgan fingerprint density at radius 1 is 1.11 bits per heavy atom. The van der Waals surface area contributed by atoms with E-state index < -0.39 is 0 Å². The van der Waals surface area contributed by atoms with Gasteiger partial charge in [-0.05, 0) is 29.7 Å². The van der Waals surface area contributed by atoms with Crippen LogP contribution < -0.4 is 0 Å². The maximum absolute atomic E-state index is 13.0. The number of fused-ring (bicyclic) bond motifs is 1. The third kappa shape index (κ3) is 6.02. The van der Waals surface area contributed by atoms with E-state index in [1.807, 2.05) is 42.5 Å². The van der Waals surface area contributed by atoms with Crippen molar-refractivity contribution in [2.45, 2.75) is 64.6 Å². The van der Waals surface area contributed by atoms with Gasteiger partial charge in [0.15, 0.2) is 0 Å². The van der Waals surface area contributed by atoms with Crippen molar-refractivity contribution in [3.63, 3.8) is 0 Å². The van der Waals surface area contributed by atoms with Crippen LogP contribution in [0, 0.1) is 17.3 Å². The molecule has 0 aromatic heterocycles. The summed E-state index contributed by atoms with van der Waals surface area (Å²) in [5, 5.41) is 10.0. The van der Waals surface area contributed by atoms with E-state index in [1.165, 1.54) is 0 Å². The fraction of sp³-hybridized carbons (Fsp3) is 0.467. The van der Waals surface area contributed by atoms with Crippen molar-refractivity contribution in [3.05, 3.63) is 72.3 Å². The first kappa shape index (κ1) is 25.2. The van der Waals surface area contributed by atoms with E-state index in [1.54, 1.807) is 12.1 Å². The fourth-order valence-electron chi connectivity index (χ4n) is 5.26. The predicted octanol–water partition coefficient (Wildman–Crippen LogP) is 5.97. The zero-order chi connectivity index (χ0) is 24.8. The molecule has 0 bridgehead atoms. The minimum absolute atomic E-state index is 0.00408. The standard InChI is InChI=1S/C30H36O5/c1-3-4-8-16-30(2,20-31)17-15-24-25-18-28(32)34-27(25)19-26(24)35-29(33)23-13-11-22(12-14-23)21-9-6-5-7-10-21/h5-7,9-15,17,24-27,31H,3-4,8,16,18-20H2,1-2H3/b17-15+/t24-,25-,26-,27+,30-/m1/s1. The second-order valence-corrected chi connectivity index (χ2v) is 10.2. The Bertz CT molecular complexity index is 1030. The summed E-state index contributed by atoms with van der Waals surface area (Å²) in [5.41, 5.74) is 2.30. The van der Waals surface area contributed by atoms with Crippen LogP contribution in [0.5, 0.6) is 0 Å². The number of unbranched alkanes of at least 4 members (excludes halogenated alkanes) is 2. The van der Waals surface area contributed by atoms with Gasteiger partial charge in [-0.1, -0.05) is 87.7 Å². The van der Waals surface area contributed by atoms with Crippen LogP contribution >= 0.6 is 0 Å². The first-order valence-corrected chi connectivity index (χ1v) is 12.8. The smallest absolute Gasteiger partial charge is 0.338 e. The molecule has 4 rings (SSSR count). The van der Waals surface area contributed by atoms with Gasteiger partial charge in [-0.3, -0.25) is 4.79 Å². The van der Waals surface area contributed by atoms with Crippen LogP contribution in [0.15, 0.2) is 66.7 Å². The average molecular weight is 477 g/mol. The van der Waals surface area contributed by atoms with Crippen LogP contribution in [-0.4, -0.2) is 35.9 Å². The van der Waals surface area contributed by atoms with Gasteiger partial charge in [-0.25, -0.2) is 4.79 Å². The number of aliphatic hydroxyl groups excluding tert-OH is 1. The summed E-state index contributed by atoms with van der Waals surface area (Å²) >= 11 is 0. The van der Waals surface area contributed by atoms with Crippen molar-refractivity contribution >= 4 is 11.9 Å². The van der Waals surface area contributed by atoms with Crippen molar-refractivity contribution in [2.75, 3.05) is 6.61 Å². The summed E-state index contributed by atoms with van der Waals surface area (Å²) in [7, 11) is 0. The lowest BCUT2D eigenvalue weighted by Gasteiger charge is -2.26. The van der Waals surface area contributed by atoms with Gasteiger partial charge in [-0.2, -0.15) is 0 Å². The molecule has 2 aliphatic rings. The molecule has 35 heavy (non-hydrogen) atoms. The first-order valence-electron chi connectivity index (χ1n) is 12.8. The summed E-state index contributed by atoms with van der Waals surface area (Å²) < 4.78 is 11.5. The van der Waals surface area contributed by atoms with Crippen LogP contribution in [-0.2, 0) is 14.3 Å². The summed E-state index contributed by atoms with van der Waals surface area (Å²) in [4.78, 5) is 25.0. The summed E-state index contributed by atoms with van der Waals surface area (Å²) in [6.45, 7) is 4.27. The molecule has 0 radical (unpaired) electrons. The number of carbonyl (C=O) groups excluding carboxylic acids is 2. The Hall–Kier alpha value is -2.92. The van der Waals surface area contributed by atoms with Crippen LogP contribution in [0.1, 0.15) is 62.7 Å². The number of benzene rings is 2. The summed E-state index contributed by atoms with van der Waals surface area (Å²) in [6, 6.07) is 17.5. The lowest BCUT2D eigenvalue weighted by Crippen LogP contribution is -2.26. The molecule has 1 heterocycles. The SMILES string of the molecule is CCCCC[C@](C)(/C=C/[C@@H]1[C@H]2CC(=O)O[C@H]2C[C@H]1OC(=O)c1ccc(-c2ccccc2)cc1)CO. The van der Waals surface area contributed by atoms with Gasteiger partial charge < -0.3 is 14.6 Å². The first-order chi connectivity index (χ1) is 16.9. The molecule has 0 amide bonds. The van der Waals surface area contributed by atoms with Crippen LogP contribution in [0.4, 0.5) is 0 Å². The van der Waals surface area contributed by atoms with E-state index in [0.29, 0.717) is 18.4 Å². The topological polar surface area (TPSA) is 72.8 Å². The van der Waals surface area contributed by atoms with Crippen molar-refractivity contribution in [1.82, 2.24) is 0 Å². The Morgan fingerprint density at radius 3 is 2.51 bits per heavy atom. The zero-order valence-electron chi connectivity index (χ0n) is 20.7. The van der Waals surface area contributed by atoms with Crippen LogP contribution in [0.3, 0.4) is 0 Å². The monoisotopic (exact) mass is 476 g/mol. The number of rotatable bonds is 10. The molecule has 1 saturated heterocycles. The van der Waals surface area contributed by atoms with Crippen molar-refractivity contribution < 1.29 is 24.2 Å². The van der Waals surface area contributed by atoms with Crippen molar-refractivity contribution in [3.8, 4) is 11.1 Å². The van der Waals surface area contributed by atoms with Gasteiger partial charge in [0.05, 0.1) is 18.6 Å². The van der Waals surface area contributed by atoms with Gasteiger partial charge in [0.25, 0.3) is 0 Å². The largest absolute Gasteiger partial charge is 0.462 e. The Balaban J connectivity index is 1.47. The minimum Gasteiger partial charge on any atom is -0.462 e. The second kappa shape index (κ2) is 11.2. The van der Waals surface area contributed by atoms with Crippen LogP contribution in [0.2, 0.25) is 0 Å². The highest BCUT2D eigenvalue weighted by Gasteiger charge is 2.50. The molecule has 186 valence electrons. The molecule has 2 fully saturated rings. The number of aliphatic hydroxyl groups is 1. The molecule has 2 aromatic carbocycles. The van der Waals surface area contributed by atoms with Gasteiger partial charge in [0, 0.05) is 23.7 Å². The predicted molar refractivity (Wildman–Crippen MR) is 136 cm³/mol. The van der Waals surface area contributed by atoms with Gasteiger partial charge in [-0.15, -0.1) is 0 Å². The maximum atomic E-state index is 13.0. The molecule has 1 saturated carbocycles. The Kier molecular flexibility index (Phi) is 8.07. The molecule has 0 unspecified atom stereocenters. The van der Waals surface area contributed by atoms with Gasteiger partial charge >= 0.3 is 11.9 Å². The Labute approximate surface area is 208 Å². The zero-order valence-corrected chi connectivity index (χ0v) is 20.7. The van der Waals surface area contributed by atoms with E-state index in [4.69, 9.17) is 9.47 Å². The highest BCUT2D eigenvalue weighted by molar-refractivity contribution is 5.90. The molecule has 2 aromatic rings. The van der Waals surface area contributed by atoms with Crippen molar-refractivity contribution in [1.29, 1.82) is 0 Å². The van der Waals surface area contributed by atoms with E-state index in [0.717, 1.165) is 36.8 Å². The van der Waals surface area contributed by atoms with E-state index in [9.17, 15) is 14.7 Å². The third-order valence-electron chi connectivity index (χ3n) is 7.47. The van der Waals surface area contributed by atoms with E-state index >= 15 is 0 Å². The number of hydrogen-bond acceptors (Lipinski definition) is 5. The van der Waals surface area contributed by atoms with Gasteiger partial charge in [0.1, 0.15) is 12.2 Å². The number of carbonyl (C=O) groups is 2. The highest BCUT2D eigenvalue weighted by Crippen LogP contribution is 2.44. The third-order valence-corrected chi connectivity index (χ3v) is 7.47. The summed E-state index contributed by atoms with van der Waals surface area (Å²) in [6.07, 6.45) is 8.57. The molecule has 5 atom stereocenters. The molecule has 1 N–H and O–H groups in total. The van der Waals surface area contributed by atoms with Gasteiger partial charge in [0.2, 0.25) is 0 Å². The lowest BCUT2D eigenvalue weighted by molar-refractivity contribution is -0.141. The quantitative estimate of drug-likeness (QED) is 0.260. The van der Waals surface area contributed by atoms with E-state index in [-0.39, 0.29) is 48.0 Å². The average Bonchev–Trinajstić information content (AvgIpc) is 3.38. The normalized spacial score (nSPS) is 25.3. The number of esters is 2.